The molecule has 3 heterocycles. The van der Waals surface area contributed by atoms with Crippen LogP contribution in [-0.4, -0.2) is 31.7 Å². The Morgan fingerprint density at radius 1 is 1.21 bits per heavy atom. The monoisotopic (exact) mass is 394 g/mol. The Morgan fingerprint density at radius 2 is 2.00 bits per heavy atom. The van der Waals surface area contributed by atoms with Crippen molar-refractivity contribution in [3.8, 4) is 22.8 Å². The number of carbonyl (C=O) groups excluding carboxylic acids is 2. The minimum atomic E-state index is -0.625. The van der Waals surface area contributed by atoms with E-state index in [0.717, 1.165) is 11.3 Å². The van der Waals surface area contributed by atoms with Crippen LogP contribution in [0.5, 0.6) is 11.5 Å². The van der Waals surface area contributed by atoms with Gasteiger partial charge in [-0.3, -0.25) is 25.1 Å². The van der Waals surface area contributed by atoms with Crippen LogP contribution in [0.25, 0.3) is 11.3 Å². The zero-order valence-corrected chi connectivity index (χ0v) is 16.6. The number of rotatable bonds is 5. The first kappa shape index (κ1) is 20.0. The van der Waals surface area contributed by atoms with Crippen LogP contribution in [0, 0.1) is 12.8 Å². The van der Waals surface area contributed by atoms with E-state index in [1.165, 1.54) is 0 Å². The van der Waals surface area contributed by atoms with Gasteiger partial charge in [0, 0.05) is 37.0 Å². The summed E-state index contributed by atoms with van der Waals surface area (Å²) >= 11 is 0. The highest BCUT2D eigenvalue weighted by molar-refractivity contribution is 6.01. The second-order valence-corrected chi connectivity index (χ2v) is 6.76. The number of hydrogen-bond acceptors (Lipinski definition) is 6. The lowest BCUT2D eigenvalue weighted by atomic mass is 10.2. The van der Waals surface area contributed by atoms with Gasteiger partial charge < -0.3 is 4.74 Å². The van der Waals surface area contributed by atoms with Crippen molar-refractivity contribution in [1.82, 2.24) is 25.1 Å². The van der Waals surface area contributed by atoms with E-state index in [1.54, 1.807) is 56.0 Å². The molecule has 0 bridgehead atoms. The van der Waals surface area contributed by atoms with Gasteiger partial charge in [0.05, 0.1) is 17.6 Å². The largest absolute Gasteiger partial charge is 0.455 e. The van der Waals surface area contributed by atoms with Gasteiger partial charge in [-0.1, -0.05) is 13.8 Å². The number of amides is 3. The number of nitrogens with one attached hydrogen (secondary N) is 2. The number of hydrogen-bond donors (Lipinski definition) is 2. The second kappa shape index (κ2) is 8.51. The van der Waals surface area contributed by atoms with Crippen molar-refractivity contribution in [3.63, 3.8) is 0 Å². The van der Waals surface area contributed by atoms with Crippen molar-refractivity contribution in [2.75, 3.05) is 5.32 Å². The summed E-state index contributed by atoms with van der Waals surface area (Å²) < 4.78 is 7.63. The number of carbonyl (C=O) groups is 2. The van der Waals surface area contributed by atoms with Crippen molar-refractivity contribution in [2.45, 2.75) is 20.8 Å². The molecule has 2 N–H and O–H groups in total. The average molecular weight is 394 g/mol. The maximum Gasteiger partial charge on any atom is 0.327 e. The summed E-state index contributed by atoms with van der Waals surface area (Å²) in [7, 11) is 1.84. The van der Waals surface area contributed by atoms with Crippen molar-refractivity contribution in [3.05, 3.63) is 48.5 Å². The van der Waals surface area contributed by atoms with Gasteiger partial charge in [-0.15, -0.1) is 0 Å². The fourth-order valence-corrected chi connectivity index (χ4v) is 2.44. The Labute approximate surface area is 168 Å². The van der Waals surface area contributed by atoms with E-state index >= 15 is 0 Å². The molecule has 9 nitrogen and oxygen atoms in total. The van der Waals surface area contributed by atoms with Crippen LogP contribution < -0.4 is 15.4 Å². The van der Waals surface area contributed by atoms with Gasteiger partial charge >= 0.3 is 6.03 Å². The Bertz CT molecular complexity index is 1040. The molecule has 0 aliphatic heterocycles. The smallest absolute Gasteiger partial charge is 0.327 e. The Morgan fingerprint density at radius 3 is 2.66 bits per heavy atom. The fraction of sp³-hybridized carbons (Fsp3) is 0.250. The molecule has 0 spiro atoms. The van der Waals surface area contributed by atoms with Crippen LogP contribution in [0.15, 0.2) is 42.9 Å². The lowest BCUT2D eigenvalue weighted by molar-refractivity contribution is -0.122. The molecule has 3 aromatic rings. The molecule has 0 radical (unpaired) electrons. The lowest BCUT2D eigenvalue weighted by Gasteiger charge is -2.11. The molecule has 9 heteroatoms. The zero-order chi connectivity index (χ0) is 21.0. The number of urea groups is 1. The summed E-state index contributed by atoms with van der Waals surface area (Å²) in [5.41, 5.74) is 2.21. The first-order chi connectivity index (χ1) is 13.8. The molecule has 0 saturated carbocycles. The molecule has 150 valence electrons. The van der Waals surface area contributed by atoms with Gasteiger partial charge in [0.1, 0.15) is 17.3 Å². The molecule has 29 heavy (non-hydrogen) atoms. The highest BCUT2D eigenvalue weighted by Gasteiger charge is 2.13. The predicted molar refractivity (Wildman–Crippen MR) is 107 cm³/mol. The van der Waals surface area contributed by atoms with Gasteiger partial charge in [0.25, 0.3) is 0 Å². The maximum atomic E-state index is 11.9. The fourth-order valence-electron chi connectivity index (χ4n) is 2.44. The topological polar surface area (TPSA) is 111 Å². The van der Waals surface area contributed by atoms with Gasteiger partial charge in [0.15, 0.2) is 0 Å². The normalized spacial score (nSPS) is 10.7. The molecule has 3 aromatic heterocycles. The molecule has 0 saturated heterocycles. The summed E-state index contributed by atoms with van der Waals surface area (Å²) in [6.45, 7) is 5.17. The van der Waals surface area contributed by atoms with E-state index < -0.39 is 6.03 Å². The molecule has 0 aromatic carbocycles. The first-order valence-corrected chi connectivity index (χ1v) is 9.04. The third-order valence-corrected chi connectivity index (χ3v) is 4.00. The van der Waals surface area contributed by atoms with Crippen molar-refractivity contribution >= 4 is 17.8 Å². The SMILES string of the molecule is Cc1nc(NC(=O)NC(=O)C(C)C)ccc1Oc1ccnc(-c2cnn(C)c2)c1. The number of imide groups is 1. The van der Waals surface area contributed by atoms with Crippen LogP contribution in [-0.2, 0) is 11.8 Å². The minimum Gasteiger partial charge on any atom is -0.455 e. The molecule has 0 aliphatic rings. The Balaban J connectivity index is 1.70. The van der Waals surface area contributed by atoms with Gasteiger partial charge in [0.2, 0.25) is 5.91 Å². The van der Waals surface area contributed by atoms with Crippen LogP contribution in [0.4, 0.5) is 10.6 Å². The molecular weight excluding hydrogens is 372 g/mol. The van der Waals surface area contributed by atoms with Crippen LogP contribution in [0.2, 0.25) is 0 Å². The van der Waals surface area contributed by atoms with Gasteiger partial charge in [-0.05, 0) is 25.1 Å². The number of aromatic nitrogens is 4. The van der Waals surface area contributed by atoms with Crippen molar-refractivity contribution < 1.29 is 14.3 Å². The predicted octanol–water partition coefficient (Wildman–Crippen LogP) is 3.28. The molecule has 0 unspecified atom stereocenters. The Kier molecular flexibility index (Phi) is 5.87. The van der Waals surface area contributed by atoms with Crippen molar-refractivity contribution in [2.24, 2.45) is 13.0 Å². The molecule has 3 rings (SSSR count). The third kappa shape index (κ3) is 5.16. The highest BCUT2D eigenvalue weighted by Crippen LogP contribution is 2.27. The standard InChI is InChI=1S/C20H22N6O3/c1-12(2)19(27)25-20(28)24-18-6-5-17(13(3)23-18)29-15-7-8-21-16(9-15)14-10-22-26(4)11-14/h5-12H,1-4H3,(H2,23,24,25,27,28). The van der Waals surface area contributed by atoms with Gasteiger partial charge in [-0.25, -0.2) is 9.78 Å². The van der Waals surface area contributed by atoms with E-state index in [-0.39, 0.29) is 11.8 Å². The molecule has 0 atom stereocenters. The number of pyridine rings is 2. The zero-order valence-electron chi connectivity index (χ0n) is 16.6. The maximum absolute atomic E-state index is 11.9. The first-order valence-electron chi connectivity index (χ1n) is 9.04. The number of aryl methyl sites for hydroxylation is 2. The molecular formula is C20H22N6O3. The molecule has 0 aliphatic carbocycles. The summed E-state index contributed by atoms with van der Waals surface area (Å²) in [6.07, 6.45) is 5.26. The van der Waals surface area contributed by atoms with Crippen LogP contribution in [0.1, 0.15) is 19.5 Å². The highest BCUT2D eigenvalue weighted by atomic mass is 16.5. The number of ether oxygens (including phenoxy) is 1. The van der Waals surface area contributed by atoms with E-state index in [4.69, 9.17) is 4.74 Å². The number of nitrogens with zero attached hydrogens (tertiary/aromatic N) is 4. The summed E-state index contributed by atoms with van der Waals surface area (Å²) in [4.78, 5) is 32.1. The summed E-state index contributed by atoms with van der Waals surface area (Å²) in [5, 5.41) is 8.93. The van der Waals surface area contributed by atoms with E-state index in [2.05, 4.69) is 25.7 Å². The Hall–Kier alpha value is -3.75. The molecule has 0 fully saturated rings. The third-order valence-electron chi connectivity index (χ3n) is 4.00. The number of anilines is 1. The van der Waals surface area contributed by atoms with E-state index in [1.807, 2.05) is 19.3 Å². The quantitative estimate of drug-likeness (QED) is 0.687. The average Bonchev–Trinajstić information content (AvgIpc) is 3.10. The van der Waals surface area contributed by atoms with Crippen LogP contribution >= 0.6 is 0 Å². The second-order valence-electron chi connectivity index (χ2n) is 6.76. The minimum absolute atomic E-state index is 0.289. The van der Waals surface area contributed by atoms with Crippen LogP contribution in [0.3, 0.4) is 0 Å². The molecule has 3 amide bonds. The summed E-state index contributed by atoms with van der Waals surface area (Å²) in [5.74, 6) is 0.807. The van der Waals surface area contributed by atoms with E-state index in [9.17, 15) is 9.59 Å². The summed E-state index contributed by atoms with van der Waals surface area (Å²) in [6, 6.07) is 6.24. The van der Waals surface area contributed by atoms with Crippen molar-refractivity contribution in [1.29, 1.82) is 0 Å². The van der Waals surface area contributed by atoms with E-state index in [0.29, 0.717) is 23.0 Å². The van der Waals surface area contributed by atoms with Gasteiger partial charge in [-0.2, -0.15) is 5.10 Å². The lowest BCUT2D eigenvalue weighted by Crippen LogP contribution is -2.37.